The minimum absolute atomic E-state index is 0.0693. The number of nitrogens with zero attached hydrogens (tertiary/aromatic N) is 2. The molecule has 0 aliphatic heterocycles. The van der Waals surface area contributed by atoms with Gasteiger partial charge in [0, 0.05) is 16.1 Å². The fourth-order valence-electron chi connectivity index (χ4n) is 1.13. The molecule has 0 amide bonds. The average molecular weight is 259 g/mol. The van der Waals surface area contributed by atoms with Crippen LogP contribution in [0.4, 0.5) is 14.5 Å². The van der Waals surface area contributed by atoms with Crippen molar-refractivity contribution in [2.45, 2.75) is 15.7 Å². The van der Waals surface area contributed by atoms with Crippen LogP contribution in [0.2, 0.25) is 0 Å². The van der Waals surface area contributed by atoms with Crippen molar-refractivity contribution in [3.8, 4) is 0 Å². The number of nitrogen functional groups attached to an aromatic ring is 1. The highest BCUT2D eigenvalue weighted by molar-refractivity contribution is 8.01. The maximum atomic E-state index is 12.7. The van der Waals surface area contributed by atoms with Gasteiger partial charge in [0.2, 0.25) is 0 Å². The molecule has 3 nitrogen and oxygen atoms in total. The zero-order valence-electron chi connectivity index (χ0n) is 7.93. The van der Waals surface area contributed by atoms with Crippen LogP contribution in [0.1, 0.15) is 12.0 Å². The summed E-state index contributed by atoms with van der Waals surface area (Å²) in [5.41, 5.74) is 5.73. The van der Waals surface area contributed by atoms with E-state index in [4.69, 9.17) is 5.73 Å². The molecule has 0 fully saturated rings. The molecule has 2 aromatic rings. The van der Waals surface area contributed by atoms with Gasteiger partial charge in [-0.25, -0.2) is 13.8 Å². The molecule has 0 saturated heterocycles. The summed E-state index contributed by atoms with van der Waals surface area (Å²) < 4.78 is 29.9. The van der Waals surface area contributed by atoms with Gasteiger partial charge in [-0.2, -0.15) is 4.37 Å². The van der Waals surface area contributed by atoms with Crippen LogP contribution in [-0.2, 0) is 0 Å². The highest BCUT2D eigenvalue weighted by Gasteiger charge is 2.15. The number of hydrogen-bond donors (Lipinski definition) is 1. The number of benzene rings is 1. The van der Waals surface area contributed by atoms with Crippen molar-refractivity contribution in [3.63, 3.8) is 0 Å². The van der Waals surface area contributed by atoms with E-state index in [1.54, 1.807) is 12.1 Å². The van der Waals surface area contributed by atoms with Crippen molar-refractivity contribution in [1.82, 2.24) is 9.36 Å². The molecule has 1 heterocycles. The number of hydrogen-bond acceptors (Lipinski definition) is 5. The van der Waals surface area contributed by atoms with E-state index < -0.39 is 6.43 Å². The van der Waals surface area contributed by atoms with Gasteiger partial charge < -0.3 is 5.73 Å². The standard InChI is InChI=1S/C9H7F2N3S2/c10-8(11)6-3-5(12)1-2-7(6)15-9-13-4-14-16-9/h1-4,8H,12H2. The zero-order chi connectivity index (χ0) is 11.5. The first-order valence-electron chi connectivity index (χ1n) is 4.29. The Morgan fingerprint density at radius 1 is 1.38 bits per heavy atom. The van der Waals surface area contributed by atoms with Gasteiger partial charge in [0.25, 0.3) is 6.43 Å². The van der Waals surface area contributed by atoms with E-state index in [2.05, 4.69) is 9.36 Å². The maximum absolute atomic E-state index is 12.7. The Balaban J connectivity index is 2.33. The highest BCUT2D eigenvalue weighted by atomic mass is 32.2. The molecule has 1 aromatic carbocycles. The molecule has 0 saturated carbocycles. The van der Waals surface area contributed by atoms with E-state index in [-0.39, 0.29) is 5.56 Å². The Hall–Kier alpha value is -1.21. The molecular formula is C9H7F2N3S2. The minimum atomic E-state index is -2.54. The van der Waals surface area contributed by atoms with Crippen molar-refractivity contribution in [2.24, 2.45) is 0 Å². The van der Waals surface area contributed by atoms with E-state index in [1.165, 1.54) is 35.7 Å². The third-order valence-electron chi connectivity index (χ3n) is 1.81. The number of aromatic nitrogens is 2. The lowest BCUT2D eigenvalue weighted by atomic mass is 10.2. The summed E-state index contributed by atoms with van der Waals surface area (Å²) in [4.78, 5) is 4.39. The molecule has 0 atom stereocenters. The summed E-state index contributed by atoms with van der Waals surface area (Å²) in [6.45, 7) is 0. The lowest BCUT2D eigenvalue weighted by Crippen LogP contribution is -1.92. The predicted molar refractivity (Wildman–Crippen MR) is 59.8 cm³/mol. The molecule has 0 aliphatic rings. The van der Waals surface area contributed by atoms with Crippen molar-refractivity contribution >= 4 is 29.0 Å². The molecule has 84 valence electrons. The number of halogens is 2. The first-order chi connectivity index (χ1) is 7.66. The van der Waals surface area contributed by atoms with E-state index in [1.807, 2.05) is 0 Å². The molecule has 7 heteroatoms. The van der Waals surface area contributed by atoms with Gasteiger partial charge in [0.05, 0.1) is 0 Å². The van der Waals surface area contributed by atoms with Crippen molar-refractivity contribution < 1.29 is 8.78 Å². The molecule has 2 rings (SSSR count). The second-order valence-electron chi connectivity index (χ2n) is 2.91. The van der Waals surface area contributed by atoms with Gasteiger partial charge in [0.15, 0.2) is 4.34 Å². The number of nitrogens with two attached hydrogens (primary N) is 1. The summed E-state index contributed by atoms with van der Waals surface area (Å²) in [5, 5.41) is 0. The predicted octanol–water partition coefficient (Wildman–Crippen LogP) is 3.21. The van der Waals surface area contributed by atoms with Crippen LogP contribution in [0.5, 0.6) is 0 Å². The molecular weight excluding hydrogens is 252 g/mol. The van der Waals surface area contributed by atoms with E-state index in [0.717, 1.165) is 0 Å². The monoisotopic (exact) mass is 259 g/mol. The second-order valence-corrected chi connectivity index (χ2v) is 4.98. The quantitative estimate of drug-likeness (QED) is 0.860. The molecule has 2 N–H and O–H groups in total. The molecule has 16 heavy (non-hydrogen) atoms. The van der Waals surface area contributed by atoms with Gasteiger partial charge in [-0.3, -0.25) is 0 Å². The van der Waals surface area contributed by atoms with E-state index >= 15 is 0 Å². The van der Waals surface area contributed by atoms with Crippen molar-refractivity contribution in [3.05, 3.63) is 30.1 Å². The van der Waals surface area contributed by atoms with Crippen LogP contribution in [0.25, 0.3) is 0 Å². The first-order valence-corrected chi connectivity index (χ1v) is 5.88. The third kappa shape index (κ3) is 2.48. The second kappa shape index (κ2) is 4.75. The fourth-order valence-corrected chi connectivity index (χ4v) is 2.65. The Labute approximate surface area is 98.9 Å². The van der Waals surface area contributed by atoms with Crippen molar-refractivity contribution in [1.29, 1.82) is 0 Å². The zero-order valence-corrected chi connectivity index (χ0v) is 9.56. The number of anilines is 1. The Bertz CT molecular complexity index is 474. The van der Waals surface area contributed by atoms with Crippen LogP contribution in [-0.4, -0.2) is 9.36 Å². The lowest BCUT2D eigenvalue weighted by molar-refractivity contribution is 0.148. The van der Waals surface area contributed by atoms with E-state index in [0.29, 0.717) is 14.9 Å². The summed E-state index contributed by atoms with van der Waals surface area (Å²) in [5.74, 6) is 0. The largest absolute Gasteiger partial charge is 0.399 e. The molecule has 1 aromatic heterocycles. The highest BCUT2D eigenvalue weighted by Crippen LogP contribution is 2.36. The SMILES string of the molecule is Nc1ccc(Sc2ncns2)c(C(F)F)c1. The Morgan fingerprint density at radius 2 is 2.19 bits per heavy atom. The summed E-state index contributed by atoms with van der Waals surface area (Å²) in [6, 6.07) is 4.45. The molecule has 0 aliphatic carbocycles. The van der Waals surface area contributed by atoms with Crippen LogP contribution in [0, 0.1) is 0 Å². The van der Waals surface area contributed by atoms with Gasteiger partial charge >= 0.3 is 0 Å². The molecule has 0 spiro atoms. The Kier molecular flexibility index (Phi) is 3.35. The fraction of sp³-hybridized carbons (Fsp3) is 0.111. The van der Waals surface area contributed by atoms with Gasteiger partial charge in [-0.15, -0.1) is 0 Å². The topological polar surface area (TPSA) is 51.8 Å². The van der Waals surface area contributed by atoms with Gasteiger partial charge in [0.1, 0.15) is 6.33 Å². The summed E-state index contributed by atoms with van der Waals surface area (Å²) in [6.07, 6.45) is -1.15. The Morgan fingerprint density at radius 3 is 2.81 bits per heavy atom. The summed E-state index contributed by atoms with van der Waals surface area (Å²) >= 11 is 2.34. The van der Waals surface area contributed by atoms with Gasteiger partial charge in [-0.1, -0.05) is 11.8 Å². The maximum Gasteiger partial charge on any atom is 0.265 e. The number of alkyl halides is 2. The van der Waals surface area contributed by atoms with E-state index in [9.17, 15) is 8.78 Å². The molecule has 0 radical (unpaired) electrons. The molecule has 0 unspecified atom stereocenters. The van der Waals surface area contributed by atoms with Crippen molar-refractivity contribution in [2.75, 3.05) is 5.73 Å². The summed E-state index contributed by atoms with van der Waals surface area (Å²) in [7, 11) is 0. The minimum Gasteiger partial charge on any atom is -0.399 e. The normalized spacial score (nSPS) is 10.9. The van der Waals surface area contributed by atoms with Crippen LogP contribution in [0.15, 0.2) is 33.8 Å². The van der Waals surface area contributed by atoms with Gasteiger partial charge in [-0.05, 0) is 29.7 Å². The lowest BCUT2D eigenvalue weighted by Gasteiger charge is -2.07. The van der Waals surface area contributed by atoms with Crippen LogP contribution in [0.3, 0.4) is 0 Å². The van der Waals surface area contributed by atoms with Crippen LogP contribution < -0.4 is 5.73 Å². The van der Waals surface area contributed by atoms with Crippen LogP contribution >= 0.6 is 23.3 Å². The number of rotatable bonds is 3. The third-order valence-corrected chi connectivity index (χ3v) is 3.61. The molecule has 0 bridgehead atoms. The first kappa shape index (κ1) is 11.3. The smallest absolute Gasteiger partial charge is 0.265 e. The average Bonchev–Trinajstić information content (AvgIpc) is 2.73.